The Hall–Kier alpha value is -1.61. The Kier molecular flexibility index (Phi) is 6.46. The average molecular weight is 480 g/mol. The van der Waals surface area contributed by atoms with Gasteiger partial charge in [-0.2, -0.15) is 13.5 Å². The van der Waals surface area contributed by atoms with Gasteiger partial charge >= 0.3 is 0 Å². The van der Waals surface area contributed by atoms with Gasteiger partial charge in [0.15, 0.2) is 0 Å². The lowest BCUT2D eigenvalue weighted by Gasteiger charge is -2.64. The molecule has 184 valence electrons. The molecule has 0 saturated heterocycles. The smallest absolute Gasteiger partial charge is 0.264 e. The van der Waals surface area contributed by atoms with Crippen LogP contribution in [0.25, 0.3) is 0 Å². The molecule has 0 radical (unpaired) electrons. The zero-order chi connectivity index (χ0) is 23.1. The number of hydrogen-bond acceptors (Lipinski definition) is 6. The first kappa shape index (κ1) is 23.1. The van der Waals surface area contributed by atoms with E-state index in [-0.39, 0.29) is 25.1 Å². The van der Waals surface area contributed by atoms with Crippen molar-refractivity contribution < 1.29 is 22.1 Å². The number of hydrogen-bond donors (Lipinski definition) is 1. The fourth-order valence-corrected chi connectivity index (χ4v) is 7.48. The minimum Gasteiger partial charge on any atom is -0.477 e. The van der Waals surface area contributed by atoms with E-state index >= 15 is 0 Å². The highest BCUT2D eigenvalue weighted by Gasteiger charge is 2.59. The molecule has 1 spiro atoms. The van der Waals surface area contributed by atoms with Crippen molar-refractivity contribution in [3.05, 3.63) is 11.8 Å². The first-order chi connectivity index (χ1) is 15.8. The van der Waals surface area contributed by atoms with Crippen molar-refractivity contribution in [2.45, 2.75) is 83.2 Å². The highest BCUT2D eigenvalue weighted by Crippen LogP contribution is 2.63. The van der Waals surface area contributed by atoms with Gasteiger partial charge in [0.1, 0.15) is 5.56 Å². The summed E-state index contributed by atoms with van der Waals surface area (Å²) in [7, 11) is -3.54. The van der Waals surface area contributed by atoms with Crippen molar-refractivity contribution in [2.75, 3.05) is 19.5 Å². The number of amides is 1. The molecular weight excluding hydrogens is 442 g/mol. The van der Waals surface area contributed by atoms with Gasteiger partial charge in [-0.25, -0.2) is 4.68 Å². The summed E-state index contributed by atoms with van der Waals surface area (Å²) in [6.07, 6.45) is 16.2. The van der Waals surface area contributed by atoms with Gasteiger partial charge in [0.2, 0.25) is 5.88 Å². The summed E-state index contributed by atoms with van der Waals surface area (Å²) in [6, 6.07) is 0.254. The largest absolute Gasteiger partial charge is 0.477 e. The van der Waals surface area contributed by atoms with Crippen LogP contribution in [0.3, 0.4) is 0 Å². The molecule has 5 fully saturated rings. The van der Waals surface area contributed by atoms with E-state index < -0.39 is 10.1 Å². The second kappa shape index (κ2) is 9.21. The predicted octanol–water partition coefficient (Wildman–Crippen LogP) is 3.52. The van der Waals surface area contributed by atoms with Gasteiger partial charge in [0.25, 0.3) is 16.0 Å². The van der Waals surface area contributed by atoms with Crippen LogP contribution in [0.2, 0.25) is 0 Å². The van der Waals surface area contributed by atoms with Crippen LogP contribution in [0.15, 0.2) is 6.20 Å². The fraction of sp³-hybridized carbons (Fsp3) is 0.833. The van der Waals surface area contributed by atoms with Crippen LogP contribution in [0.1, 0.15) is 81.0 Å². The van der Waals surface area contributed by atoms with Crippen molar-refractivity contribution >= 4 is 16.0 Å². The maximum absolute atomic E-state index is 13.4. The Labute approximate surface area is 196 Å². The topological polar surface area (TPSA) is 99.5 Å². The monoisotopic (exact) mass is 479 g/mol. The van der Waals surface area contributed by atoms with Crippen LogP contribution in [-0.2, 0) is 20.8 Å². The van der Waals surface area contributed by atoms with Gasteiger partial charge < -0.3 is 10.1 Å². The van der Waals surface area contributed by atoms with E-state index in [9.17, 15) is 13.2 Å². The molecule has 5 aliphatic rings. The van der Waals surface area contributed by atoms with Crippen LogP contribution in [0, 0.1) is 23.2 Å². The van der Waals surface area contributed by atoms with Crippen LogP contribution in [0.5, 0.6) is 5.88 Å². The van der Waals surface area contributed by atoms with Gasteiger partial charge in [-0.1, -0.05) is 32.1 Å². The van der Waals surface area contributed by atoms with E-state index in [2.05, 4.69) is 10.4 Å². The van der Waals surface area contributed by atoms with E-state index in [1.165, 1.54) is 57.8 Å². The van der Waals surface area contributed by atoms with Gasteiger partial charge in [-0.3, -0.25) is 8.98 Å². The molecule has 4 atom stereocenters. The first-order valence-electron chi connectivity index (χ1n) is 12.7. The summed E-state index contributed by atoms with van der Waals surface area (Å²) in [5.74, 6) is 2.23. The second-order valence-corrected chi connectivity index (χ2v) is 12.5. The van der Waals surface area contributed by atoms with Crippen molar-refractivity contribution in [3.8, 4) is 5.88 Å². The molecule has 3 bridgehead atoms. The standard InChI is InChI=1S/C24H37N3O5S/c1-33(29,30)32-11-10-27-23(31-16-17-6-3-2-4-7-17)20(15-25-27)22(28)26-21-19-12-18-8-5-9-24(21,13-18)14-19/h15,17-19,21H,2-14,16H2,1H3,(H,26,28). The highest BCUT2D eigenvalue weighted by atomic mass is 32.2. The normalized spacial score (nSPS) is 31.6. The fourth-order valence-electron chi connectivity index (χ4n) is 7.10. The second-order valence-electron chi connectivity index (χ2n) is 10.9. The number of nitrogens with one attached hydrogen (secondary N) is 1. The number of aromatic nitrogens is 2. The number of ether oxygens (including phenoxy) is 1. The van der Waals surface area contributed by atoms with Crippen molar-refractivity contribution in [2.24, 2.45) is 23.2 Å². The number of carbonyl (C=O) groups excluding carboxylic acids is 1. The van der Waals surface area contributed by atoms with E-state index in [4.69, 9.17) is 8.92 Å². The van der Waals surface area contributed by atoms with E-state index in [0.29, 0.717) is 35.3 Å². The summed E-state index contributed by atoms with van der Waals surface area (Å²) < 4.78 is 35.4. The molecule has 0 aromatic carbocycles. The third-order valence-electron chi connectivity index (χ3n) is 8.52. The molecule has 1 N–H and O–H groups in total. The van der Waals surface area contributed by atoms with Crippen LogP contribution >= 0.6 is 0 Å². The predicted molar refractivity (Wildman–Crippen MR) is 123 cm³/mol. The van der Waals surface area contributed by atoms with Crippen molar-refractivity contribution in [1.29, 1.82) is 0 Å². The minimum atomic E-state index is -3.54. The SMILES string of the molecule is CS(=O)(=O)OCCn1ncc(C(=O)NC2C3CC4CCCC2(C4)C3)c1OCC1CCCCC1. The lowest BCUT2D eigenvalue weighted by Crippen LogP contribution is -2.66. The summed E-state index contributed by atoms with van der Waals surface area (Å²) in [6.45, 7) is 0.713. The summed E-state index contributed by atoms with van der Waals surface area (Å²) >= 11 is 0. The summed E-state index contributed by atoms with van der Waals surface area (Å²) in [5.41, 5.74) is 0.739. The Morgan fingerprint density at radius 3 is 2.82 bits per heavy atom. The van der Waals surface area contributed by atoms with Crippen LogP contribution in [0.4, 0.5) is 0 Å². The van der Waals surface area contributed by atoms with Crippen molar-refractivity contribution in [3.63, 3.8) is 0 Å². The molecule has 5 saturated carbocycles. The Bertz CT molecular complexity index is 965. The van der Waals surface area contributed by atoms with Crippen LogP contribution < -0.4 is 10.1 Å². The molecule has 1 amide bonds. The quantitative estimate of drug-likeness (QED) is 0.544. The van der Waals surface area contributed by atoms with E-state index in [1.54, 1.807) is 10.9 Å². The van der Waals surface area contributed by atoms with E-state index in [1.807, 2.05) is 0 Å². The highest BCUT2D eigenvalue weighted by molar-refractivity contribution is 7.85. The zero-order valence-corrected chi connectivity index (χ0v) is 20.4. The molecule has 1 aromatic rings. The summed E-state index contributed by atoms with van der Waals surface area (Å²) in [5, 5.41) is 7.71. The third-order valence-corrected chi connectivity index (χ3v) is 9.12. The molecule has 8 nitrogen and oxygen atoms in total. The molecule has 1 aromatic heterocycles. The van der Waals surface area contributed by atoms with E-state index in [0.717, 1.165) is 25.0 Å². The Morgan fingerprint density at radius 1 is 1.21 bits per heavy atom. The first-order valence-corrected chi connectivity index (χ1v) is 14.5. The van der Waals surface area contributed by atoms with Crippen LogP contribution in [-0.4, -0.2) is 49.6 Å². The lowest BCUT2D eigenvalue weighted by atomic mass is 9.44. The molecule has 0 aliphatic heterocycles. The maximum atomic E-state index is 13.4. The molecule has 5 aliphatic carbocycles. The third kappa shape index (κ3) is 4.94. The van der Waals surface area contributed by atoms with Crippen molar-refractivity contribution in [1.82, 2.24) is 15.1 Å². The molecular formula is C24H37N3O5S. The Morgan fingerprint density at radius 2 is 2.03 bits per heavy atom. The van der Waals surface area contributed by atoms with Gasteiger partial charge in [0.05, 0.1) is 32.2 Å². The number of nitrogens with zero attached hydrogens (tertiary/aromatic N) is 2. The summed E-state index contributed by atoms with van der Waals surface area (Å²) in [4.78, 5) is 13.4. The zero-order valence-electron chi connectivity index (χ0n) is 19.6. The van der Waals surface area contributed by atoms with Gasteiger partial charge in [-0.05, 0) is 61.7 Å². The number of carbonyl (C=O) groups is 1. The molecule has 4 unspecified atom stereocenters. The number of rotatable bonds is 9. The molecule has 9 heteroatoms. The maximum Gasteiger partial charge on any atom is 0.264 e. The van der Waals surface area contributed by atoms with Gasteiger partial charge in [-0.15, -0.1) is 0 Å². The Balaban J connectivity index is 1.29. The molecule has 6 rings (SSSR count). The average Bonchev–Trinajstić information content (AvgIpc) is 3.18. The lowest BCUT2D eigenvalue weighted by molar-refractivity contribution is -0.108. The molecule has 1 heterocycles. The minimum absolute atomic E-state index is 0.0451. The molecule has 33 heavy (non-hydrogen) atoms. The van der Waals surface area contributed by atoms with Gasteiger partial charge in [0, 0.05) is 6.04 Å².